The number of Topliss-reactive ketones (excluding diaryl/α,β-unsaturated/α-hetero) is 1. The van der Waals surface area contributed by atoms with E-state index in [9.17, 15) is 18.0 Å². The van der Waals surface area contributed by atoms with Crippen LogP contribution in [0, 0.1) is 0 Å². The van der Waals surface area contributed by atoms with Gasteiger partial charge in [0.2, 0.25) is 0 Å². The number of hydrogen-bond donors (Lipinski definition) is 0. The van der Waals surface area contributed by atoms with Gasteiger partial charge in [0, 0.05) is 18.0 Å². The Kier molecular flexibility index (Phi) is 5.84. The summed E-state index contributed by atoms with van der Waals surface area (Å²) in [7, 11) is 0. The summed E-state index contributed by atoms with van der Waals surface area (Å²) < 4.78 is 39.5. The summed E-state index contributed by atoms with van der Waals surface area (Å²) in [4.78, 5) is 23.9. The van der Waals surface area contributed by atoms with Crippen LogP contribution >= 0.6 is 11.6 Å². The number of halogens is 4. The van der Waals surface area contributed by atoms with E-state index in [2.05, 4.69) is 4.98 Å². The van der Waals surface area contributed by atoms with Crippen molar-refractivity contribution in [3.05, 3.63) is 82.3 Å². The first-order valence-corrected chi connectivity index (χ1v) is 11.7. The number of pyridine rings is 2. The zero-order chi connectivity index (χ0) is 23.9. The Morgan fingerprint density at radius 1 is 1.00 bits per heavy atom. The lowest BCUT2D eigenvalue weighted by Crippen LogP contribution is -2.44. The molecule has 34 heavy (non-hydrogen) atoms. The molecule has 1 fully saturated rings. The number of nitrogens with zero attached hydrogens (tertiary/aromatic N) is 3. The van der Waals surface area contributed by atoms with Gasteiger partial charge in [-0.25, -0.2) is 4.98 Å². The molecule has 0 radical (unpaired) electrons. The smallest absolute Gasteiger partial charge is 0.325 e. The van der Waals surface area contributed by atoms with Crippen LogP contribution in [0.15, 0.2) is 54.6 Å². The monoisotopic (exact) mass is 485 g/mol. The zero-order valence-corrected chi connectivity index (χ0v) is 19.2. The summed E-state index contributed by atoms with van der Waals surface area (Å²) in [6.45, 7) is 0.559. The predicted octanol–water partition coefficient (Wildman–Crippen LogP) is 6.47. The summed E-state index contributed by atoms with van der Waals surface area (Å²) in [5.74, 6) is 0.392. The second-order valence-corrected chi connectivity index (χ2v) is 9.39. The minimum Gasteiger partial charge on any atom is -0.325 e. The topological polar surface area (TPSA) is 46.1 Å². The van der Waals surface area contributed by atoms with Crippen molar-refractivity contribution in [2.75, 3.05) is 11.4 Å². The van der Waals surface area contributed by atoms with Crippen molar-refractivity contribution in [2.45, 2.75) is 50.1 Å². The molecule has 0 amide bonds. The number of aryl methyl sites for hydroxylation is 1. The minimum atomic E-state index is -4.50. The highest BCUT2D eigenvalue weighted by Crippen LogP contribution is 2.46. The summed E-state index contributed by atoms with van der Waals surface area (Å²) in [5.41, 5.74) is 1.71. The maximum atomic E-state index is 13.4. The first-order valence-electron chi connectivity index (χ1n) is 11.4. The number of anilines is 2. The molecule has 0 spiro atoms. The second-order valence-electron chi connectivity index (χ2n) is 8.96. The summed E-state index contributed by atoms with van der Waals surface area (Å²) in [6, 6.07) is 15.0. The molecule has 0 saturated heterocycles. The van der Waals surface area contributed by atoms with E-state index < -0.39 is 17.3 Å². The van der Waals surface area contributed by atoms with Crippen LogP contribution < -0.4 is 4.90 Å². The Morgan fingerprint density at radius 2 is 1.76 bits per heavy atom. The average molecular weight is 486 g/mol. The second kappa shape index (κ2) is 8.69. The van der Waals surface area contributed by atoms with E-state index in [0.717, 1.165) is 54.4 Å². The van der Waals surface area contributed by atoms with Crippen molar-refractivity contribution < 1.29 is 18.0 Å². The Bertz CT molecular complexity index is 1220. The molecule has 2 aliphatic rings. The van der Waals surface area contributed by atoms with Crippen LogP contribution in [-0.4, -0.2) is 22.3 Å². The van der Waals surface area contributed by atoms with Gasteiger partial charge in [0.1, 0.15) is 17.3 Å². The van der Waals surface area contributed by atoms with Crippen LogP contribution in [-0.2, 0) is 29.2 Å². The average Bonchev–Trinajstić information content (AvgIpc) is 2.79. The van der Waals surface area contributed by atoms with Crippen molar-refractivity contribution in [1.82, 2.24) is 9.97 Å². The van der Waals surface area contributed by atoms with Crippen LogP contribution in [0.3, 0.4) is 0 Å². The highest BCUT2D eigenvalue weighted by atomic mass is 35.5. The van der Waals surface area contributed by atoms with E-state index >= 15 is 0 Å². The number of carbonyl (C=O) groups excluding carboxylic acids is 1. The third-order valence-electron chi connectivity index (χ3n) is 6.85. The maximum absolute atomic E-state index is 13.4. The molecule has 1 aromatic carbocycles. The molecule has 0 atom stereocenters. The number of alkyl halides is 3. The molecule has 0 bridgehead atoms. The van der Waals surface area contributed by atoms with Gasteiger partial charge in [-0.2, -0.15) is 13.2 Å². The van der Waals surface area contributed by atoms with Crippen molar-refractivity contribution in [3.63, 3.8) is 0 Å². The quantitative estimate of drug-likeness (QED) is 0.415. The number of ketones is 1. The summed E-state index contributed by atoms with van der Waals surface area (Å²) in [5, 5.41) is 0.630. The Balaban J connectivity index is 1.44. The molecule has 1 saturated carbocycles. The molecule has 0 unspecified atom stereocenters. The van der Waals surface area contributed by atoms with Gasteiger partial charge in [-0.05, 0) is 67.6 Å². The molecule has 4 nitrogen and oxygen atoms in total. The number of benzene rings is 1. The molecule has 1 aliphatic heterocycles. The third-order valence-corrected chi connectivity index (χ3v) is 7.10. The lowest BCUT2D eigenvalue weighted by Gasteiger charge is -2.41. The fraction of sp³-hybridized carbons (Fsp3) is 0.346. The number of rotatable bonds is 5. The highest BCUT2D eigenvalue weighted by molar-refractivity contribution is 6.30. The zero-order valence-electron chi connectivity index (χ0n) is 18.4. The third kappa shape index (κ3) is 4.17. The van der Waals surface area contributed by atoms with Crippen LogP contribution in [0.4, 0.5) is 24.7 Å². The molecule has 1 aliphatic carbocycles. The van der Waals surface area contributed by atoms with E-state index in [4.69, 9.17) is 16.6 Å². The molecule has 176 valence electrons. The normalized spacial score (nSPS) is 17.1. The largest absolute Gasteiger partial charge is 0.433 e. The van der Waals surface area contributed by atoms with Crippen molar-refractivity contribution >= 4 is 28.9 Å². The molecule has 8 heteroatoms. The van der Waals surface area contributed by atoms with Gasteiger partial charge >= 0.3 is 6.18 Å². The van der Waals surface area contributed by atoms with Crippen molar-refractivity contribution in [1.29, 1.82) is 0 Å². The van der Waals surface area contributed by atoms with Gasteiger partial charge < -0.3 is 4.90 Å². The standard InChI is InChI=1S/C26H23ClF3N3O/c27-18-9-7-17(8-10-18)16-23(34)25(13-3-14-25)21-12-11-20-19(31-21)4-2-15-33(20)24-6-1-5-22(32-24)26(28,29)30/h1,5-12H,2-4,13-16H2. The molecule has 5 rings (SSSR count). The van der Waals surface area contributed by atoms with Gasteiger partial charge in [-0.1, -0.05) is 36.2 Å². The molecular formula is C26H23ClF3N3O. The SMILES string of the molecule is O=C(Cc1ccc(Cl)cc1)C1(c2ccc3c(n2)CCCN3c2cccc(C(F)(F)F)n2)CCC1. The Labute approximate surface area is 200 Å². The van der Waals surface area contributed by atoms with Crippen LogP contribution in [0.2, 0.25) is 5.02 Å². The fourth-order valence-corrected chi connectivity index (χ4v) is 4.98. The van der Waals surface area contributed by atoms with Gasteiger partial charge in [-0.3, -0.25) is 9.78 Å². The number of hydrogen-bond acceptors (Lipinski definition) is 4. The van der Waals surface area contributed by atoms with E-state index in [-0.39, 0.29) is 11.6 Å². The van der Waals surface area contributed by atoms with Gasteiger partial charge in [0.15, 0.2) is 0 Å². The lowest BCUT2D eigenvalue weighted by atomic mass is 9.62. The van der Waals surface area contributed by atoms with E-state index in [1.54, 1.807) is 23.1 Å². The van der Waals surface area contributed by atoms with Crippen molar-refractivity contribution in [3.8, 4) is 0 Å². The predicted molar refractivity (Wildman–Crippen MR) is 124 cm³/mol. The molecule has 2 aromatic heterocycles. The minimum absolute atomic E-state index is 0.140. The van der Waals surface area contributed by atoms with Gasteiger partial charge in [0.05, 0.1) is 22.5 Å². The van der Waals surface area contributed by atoms with Crippen molar-refractivity contribution in [2.24, 2.45) is 0 Å². The Hall–Kier alpha value is -2.93. The number of fused-ring (bicyclic) bond motifs is 1. The van der Waals surface area contributed by atoms with E-state index in [1.807, 2.05) is 24.3 Å². The molecule has 3 aromatic rings. The summed E-state index contributed by atoms with van der Waals surface area (Å²) >= 11 is 5.97. The number of aromatic nitrogens is 2. The first-order chi connectivity index (χ1) is 16.3. The fourth-order valence-electron chi connectivity index (χ4n) is 4.85. The Morgan fingerprint density at radius 3 is 2.44 bits per heavy atom. The van der Waals surface area contributed by atoms with Crippen LogP contribution in [0.25, 0.3) is 0 Å². The molecular weight excluding hydrogens is 463 g/mol. The maximum Gasteiger partial charge on any atom is 0.433 e. The first kappa shape index (κ1) is 22.8. The van der Waals surface area contributed by atoms with Gasteiger partial charge in [0.25, 0.3) is 0 Å². The molecule has 0 N–H and O–H groups in total. The lowest BCUT2D eigenvalue weighted by molar-refractivity contribution is -0.141. The number of carbonyl (C=O) groups is 1. The van der Waals surface area contributed by atoms with Gasteiger partial charge in [-0.15, -0.1) is 0 Å². The highest BCUT2D eigenvalue weighted by Gasteiger charge is 2.46. The van der Waals surface area contributed by atoms with E-state index in [1.165, 1.54) is 6.07 Å². The van der Waals surface area contributed by atoms with Crippen LogP contribution in [0.5, 0.6) is 0 Å². The van der Waals surface area contributed by atoms with Crippen LogP contribution in [0.1, 0.15) is 48.3 Å². The van der Waals surface area contributed by atoms with E-state index in [0.29, 0.717) is 24.4 Å². The molecule has 3 heterocycles. The summed E-state index contributed by atoms with van der Waals surface area (Å²) in [6.07, 6.45) is -0.263.